The van der Waals surface area contributed by atoms with Crippen molar-refractivity contribution in [3.63, 3.8) is 0 Å². The Morgan fingerprint density at radius 1 is 0.745 bits per heavy atom. The minimum atomic E-state index is -0.863. The van der Waals surface area contributed by atoms with Crippen LogP contribution in [0.2, 0.25) is 0 Å². The fourth-order valence-corrected chi connectivity index (χ4v) is 7.03. The van der Waals surface area contributed by atoms with E-state index in [1.54, 1.807) is 0 Å². The van der Waals surface area contributed by atoms with Gasteiger partial charge in [0, 0.05) is 52.6 Å². The fraction of sp³-hybridized carbons (Fsp3) is 0.256. The van der Waals surface area contributed by atoms with E-state index in [2.05, 4.69) is 67.4 Å². The molecule has 0 fully saturated rings. The molecule has 3 aromatic heterocycles. The Morgan fingerprint density at radius 2 is 1.39 bits per heavy atom. The van der Waals surface area contributed by atoms with E-state index in [-0.39, 0.29) is 12.3 Å². The average Bonchev–Trinajstić information content (AvgIpc) is 3.77. The number of aromatic amines is 2. The zero-order chi connectivity index (χ0) is 36.2. The van der Waals surface area contributed by atoms with E-state index >= 15 is 0 Å². The maximum Gasteiger partial charge on any atom is 0.303 e. The molecule has 2 aliphatic rings. The first-order valence-corrected chi connectivity index (χ1v) is 17.5. The van der Waals surface area contributed by atoms with Gasteiger partial charge in [-0.05, 0) is 117 Å². The maximum atomic E-state index is 13.1. The Labute approximate surface area is 298 Å². The smallest absolute Gasteiger partial charge is 0.303 e. The molecule has 0 saturated carbocycles. The molecule has 1 amide bonds. The summed E-state index contributed by atoms with van der Waals surface area (Å²) in [6, 6.07) is 18.4. The molecule has 8 bridgehead atoms. The Balaban J connectivity index is 1.48. The second-order valence-electron chi connectivity index (χ2n) is 13.3. The third-order valence-corrected chi connectivity index (χ3v) is 10.0. The highest BCUT2D eigenvalue weighted by molar-refractivity contribution is 5.98. The van der Waals surface area contributed by atoms with Gasteiger partial charge in [-0.3, -0.25) is 9.59 Å². The molecule has 0 radical (unpaired) electrons. The summed E-state index contributed by atoms with van der Waals surface area (Å²) in [5.74, 6) is -0.860. The SMILES string of the molecule is C=CC1=C(C)c2cc3[nH]c(cc4nc(cc5[nH]c(cc1n2)c(C)c5C=C)C(C)=C4CCC(=O)O)c(CCC(=O)NCCCc1ccccc1)c3C. The number of aryl methyl sites for hydroxylation is 4. The van der Waals surface area contributed by atoms with Gasteiger partial charge in [-0.2, -0.15) is 0 Å². The van der Waals surface area contributed by atoms with Gasteiger partial charge in [-0.25, -0.2) is 9.97 Å². The van der Waals surface area contributed by atoms with Crippen LogP contribution < -0.4 is 5.32 Å². The van der Waals surface area contributed by atoms with Crippen LogP contribution >= 0.6 is 0 Å². The molecule has 0 aliphatic carbocycles. The number of allylic oxidation sites excluding steroid dienone is 5. The van der Waals surface area contributed by atoms with Crippen molar-refractivity contribution >= 4 is 62.3 Å². The molecule has 0 spiro atoms. The van der Waals surface area contributed by atoms with Crippen molar-refractivity contribution in [2.24, 2.45) is 0 Å². The number of nitrogens with one attached hydrogen (secondary N) is 3. The Hall–Kier alpha value is -5.76. The van der Waals surface area contributed by atoms with Crippen molar-refractivity contribution in [1.82, 2.24) is 25.3 Å². The highest BCUT2D eigenvalue weighted by Crippen LogP contribution is 2.36. The van der Waals surface area contributed by atoms with E-state index in [9.17, 15) is 14.7 Å². The molecule has 4 aromatic rings. The van der Waals surface area contributed by atoms with Crippen molar-refractivity contribution in [3.05, 3.63) is 124 Å². The van der Waals surface area contributed by atoms with Gasteiger partial charge in [-0.15, -0.1) is 0 Å². The first-order chi connectivity index (χ1) is 24.6. The lowest BCUT2D eigenvalue weighted by atomic mass is 10.00. The molecule has 6 rings (SSSR count). The number of carbonyl (C=O) groups excluding carboxylic acids is 1. The molecule has 0 saturated heterocycles. The number of aliphatic carboxylic acids is 1. The molecule has 4 N–H and O–H groups in total. The lowest BCUT2D eigenvalue weighted by Gasteiger charge is -2.06. The van der Waals surface area contributed by atoms with Crippen LogP contribution in [-0.4, -0.2) is 43.5 Å². The summed E-state index contributed by atoms with van der Waals surface area (Å²) in [6.45, 7) is 17.0. The van der Waals surface area contributed by atoms with Crippen LogP contribution in [0, 0.1) is 13.8 Å². The Morgan fingerprint density at radius 3 is 2.12 bits per heavy atom. The van der Waals surface area contributed by atoms with Gasteiger partial charge in [0.2, 0.25) is 5.91 Å². The van der Waals surface area contributed by atoms with Crippen LogP contribution in [-0.2, 0) is 22.4 Å². The van der Waals surface area contributed by atoms with Crippen molar-refractivity contribution in [2.45, 2.75) is 66.2 Å². The molecule has 260 valence electrons. The summed E-state index contributed by atoms with van der Waals surface area (Å²) < 4.78 is 0. The summed E-state index contributed by atoms with van der Waals surface area (Å²) in [7, 11) is 0. The second-order valence-corrected chi connectivity index (χ2v) is 13.3. The molecule has 8 nitrogen and oxygen atoms in total. The first-order valence-electron chi connectivity index (χ1n) is 17.5. The number of hydrogen-bond donors (Lipinski definition) is 4. The van der Waals surface area contributed by atoms with Crippen molar-refractivity contribution in [3.8, 4) is 0 Å². The monoisotopic (exact) mass is 679 g/mol. The van der Waals surface area contributed by atoms with Gasteiger partial charge in [-0.1, -0.05) is 55.6 Å². The number of amides is 1. The number of carboxylic acid groups (broad SMARTS) is 1. The number of carboxylic acids is 1. The van der Waals surface area contributed by atoms with Gasteiger partial charge in [0.15, 0.2) is 0 Å². The third-order valence-electron chi connectivity index (χ3n) is 10.0. The van der Waals surface area contributed by atoms with E-state index in [1.807, 2.05) is 55.5 Å². The number of aromatic nitrogens is 4. The summed E-state index contributed by atoms with van der Waals surface area (Å²) >= 11 is 0. The Kier molecular flexibility index (Phi) is 10.3. The molecule has 1 aromatic carbocycles. The number of nitrogens with zero attached hydrogens (tertiary/aromatic N) is 2. The van der Waals surface area contributed by atoms with Gasteiger partial charge in [0.1, 0.15) is 0 Å². The molecule has 51 heavy (non-hydrogen) atoms. The van der Waals surface area contributed by atoms with E-state index in [0.29, 0.717) is 31.5 Å². The lowest BCUT2D eigenvalue weighted by Crippen LogP contribution is -2.25. The molecule has 0 atom stereocenters. The van der Waals surface area contributed by atoms with E-state index in [1.165, 1.54) is 5.56 Å². The molecule has 8 heteroatoms. The van der Waals surface area contributed by atoms with Crippen molar-refractivity contribution in [1.29, 1.82) is 0 Å². The number of H-pyrrole nitrogens is 2. The van der Waals surface area contributed by atoms with E-state index in [0.717, 1.165) is 96.5 Å². The molecule has 0 unspecified atom stereocenters. The highest BCUT2D eigenvalue weighted by atomic mass is 16.4. The number of fused-ring (bicyclic) bond motifs is 8. The van der Waals surface area contributed by atoms with Crippen LogP contribution in [0.3, 0.4) is 0 Å². The van der Waals surface area contributed by atoms with Gasteiger partial charge in [0.25, 0.3) is 0 Å². The van der Waals surface area contributed by atoms with E-state index in [4.69, 9.17) is 9.97 Å². The standard InChI is InChI=1S/C43H45N5O3/c1-7-30-25(3)34-21-35-27(5)32(16-18-42(49)44-20-12-15-29-13-10-9-11-14-29)40(47-35)24-41-33(17-19-43(50)51)28(6)37(48-41)23-39-31(8-2)26(4)36(46-39)22-38(30)45-34/h7-11,13-14,21-24,46-47H,1-2,12,15-20H2,3-6H3,(H,44,49)(H,50,51). The summed E-state index contributed by atoms with van der Waals surface area (Å²) in [5, 5.41) is 12.7. The fourth-order valence-electron chi connectivity index (χ4n) is 7.03. The summed E-state index contributed by atoms with van der Waals surface area (Å²) in [4.78, 5) is 42.1. The predicted octanol–water partition coefficient (Wildman–Crippen LogP) is 9.17. The number of benzene rings is 1. The quantitative estimate of drug-likeness (QED) is 0.111. The van der Waals surface area contributed by atoms with Gasteiger partial charge in [0.05, 0.1) is 22.8 Å². The van der Waals surface area contributed by atoms with Crippen molar-refractivity contribution < 1.29 is 14.7 Å². The molecule has 5 heterocycles. The highest BCUT2D eigenvalue weighted by Gasteiger charge is 2.21. The lowest BCUT2D eigenvalue weighted by molar-refractivity contribution is -0.136. The second kappa shape index (κ2) is 15.0. The minimum Gasteiger partial charge on any atom is -0.481 e. The van der Waals surface area contributed by atoms with Gasteiger partial charge >= 0.3 is 5.97 Å². The average molecular weight is 680 g/mol. The van der Waals surface area contributed by atoms with Crippen LogP contribution in [0.5, 0.6) is 0 Å². The minimum absolute atomic E-state index is 0.00245. The molecular weight excluding hydrogens is 635 g/mol. The van der Waals surface area contributed by atoms with Crippen LogP contribution in [0.1, 0.15) is 90.1 Å². The van der Waals surface area contributed by atoms with Crippen molar-refractivity contribution in [2.75, 3.05) is 6.54 Å². The predicted molar refractivity (Wildman–Crippen MR) is 209 cm³/mol. The number of hydrogen-bond acceptors (Lipinski definition) is 4. The van der Waals surface area contributed by atoms with Crippen LogP contribution in [0.15, 0.2) is 73.8 Å². The topological polar surface area (TPSA) is 124 Å². The number of rotatable bonds is 12. The zero-order valence-corrected chi connectivity index (χ0v) is 29.9. The largest absolute Gasteiger partial charge is 0.481 e. The molecular formula is C43H45N5O3. The van der Waals surface area contributed by atoms with Crippen LogP contribution in [0.4, 0.5) is 0 Å². The van der Waals surface area contributed by atoms with Crippen LogP contribution in [0.25, 0.3) is 50.4 Å². The first kappa shape index (κ1) is 35.1. The normalized spacial score (nSPS) is 12.7. The van der Waals surface area contributed by atoms with Gasteiger partial charge < -0.3 is 20.4 Å². The summed E-state index contributed by atoms with van der Waals surface area (Å²) in [5.41, 5.74) is 15.7. The molecule has 2 aliphatic heterocycles. The zero-order valence-electron chi connectivity index (χ0n) is 29.9. The number of carbonyl (C=O) groups is 2. The Bertz CT molecular complexity index is 2290. The van der Waals surface area contributed by atoms with E-state index < -0.39 is 5.97 Å². The summed E-state index contributed by atoms with van der Waals surface area (Å²) in [6.07, 6.45) is 6.64. The third kappa shape index (κ3) is 7.41. The maximum absolute atomic E-state index is 13.1.